The molecule has 1 N–H and O–H groups in total. The number of nitrogens with zero attached hydrogens (tertiary/aromatic N) is 1. The first-order chi connectivity index (χ1) is 11.2. The van der Waals surface area contributed by atoms with Crippen LogP contribution in [-0.4, -0.2) is 24.4 Å². The van der Waals surface area contributed by atoms with Crippen molar-refractivity contribution in [3.8, 4) is 6.07 Å². The second-order valence-electron chi connectivity index (χ2n) is 5.96. The molecule has 1 atom stereocenters. The number of anilines is 1. The lowest BCUT2D eigenvalue weighted by atomic mass is 9.98. The molecular formula is C18H24N2O2S. The Morgan fingerprint density at radius 3 is 2.87 bits per heavy atom. The number of carbonyl (C=O) groups excluding carboxylic acids is 1. The van der Waals surface area contributed by atoms with Gasteiger partial charge in [0.25, 0.3) is 0 Å². The first-order valence-corrected chi connectivity index (χ1v) is 9.20. The first kappa shape index (κ1) is 17.8. The van der Waals surface area contributed by atoms with E-state index in [0.717, 1.165) is 23.4 Å². The van der Waals surface area contributed by atoms with Gasteiger partial charge in [-0.25, -0.2) is 0 Å². The summed E-state index contributed by atoms with van der Waals surface area (Å²) in [4.78, 5) is 13.1. The van der Waals surface area contributed by atoms with Crippen LogP contribution in [0.15, 0.2) is 29.2 Å². The van der Waals surface area contributed by atoms with Gasteiger partial charge in [0.2, 0.25) is 5.91 Å². The van der Waals surface area contributed by atoms with Gasteiger partial charge in [0.15, 0.2) is 0 Å². The Hall–Kier alpha value is -1.51. The molecule has 0 aliphatic heterocycles. The fourth-order valence-corrected chi connectivity index (χ4v) is 3.51. The van der Waals surface area contributed by atoms with E-state index in [9.17, 15) is 4.79 Å². The van der Waals surface area contributed by atoms with Crippen molar-refractivity contribution >= 4 is 23.4 Å². The molecule has 1 aliphatic rings. The van der Waals surface area contributed by atoms with Crippen LogP contribution in [0, 0.1) is 17.2 Å². The predicted molar refractivity (Wildman–Crippen MR) is 93.4 cm³/mol. The van der Waals surface area contributed by atoms with Crippen LogP contribution in [0.1, 0.15) is 39.0 Å². The number of nitriles is 1. The maximum atomic E-state index is 12.1. The number of para-hydroxylation sites is 1. The molecule has 124 valence electrons. The smallest absolute Gasteiger partial charge is 0.250 e. The number of hydrogen-bond donors (Lipinski definition) is 1. The van der Waals surface area contributed by atoms with Crippen LogP contribution in [0.4, 0.5) is 5.69 Å². The Balaban J connectivity index is 1.83. The van der Waals surface area contributed by atoms with Crippen molar-refractivity contribution in [3.63, 3.8) is 0 Å². The van der Waals surface area contributed by atoms with Gasteiger partial charge in [-0.3, -0.25) is 4.79 Å². The van der Waals surface area contributed by atoms with Crippen molar-refractivity contribution < 1.29 is 9.53 Å². The van der Waals surface area contributed by atoms with Crippen molar-refractivity contribution in [2.75, 3.05) is 17.7 Å². The molecule has 4 nitrogen and oxygen atoms in total. The zero-order chi connectivity index (χ0) is 16.5. The number of nitrogens with one attached hydrogen (secondary N) is 1. The standard InChI is InChI=1S/C18H24N2O2S/c1-14(11-19)13-23-17-10-6-5-9-16(17)20-18(21)12-22-15-7-3-2-4-8-15/h5-6,9-10,14-15H,2-4,7-8,12-13H2,1H3,(H,20,21)/t14-/m1/s1. The van der Waals surface area contributed by atoms with Gasteiger partial charge in [-0.1, -0.05) is 31.4 Å². The van der Waals surface area contributed by atoms with Crippen LogP contribution < -0.4 is 5.32 Å². The van der Waals surface area contributed by atoms with E-state index in [-0.39, 0.29) is 24.5 Å². The minimum atomic E-state index is -0.114. The molecule has 0 spiro atoms. The van der Waals surface area contributed by atoms with E-state index >= 15 is 0 Å². The van der Waals surface area contributed by atoms with Crippen LogP contribution in [0.2, 0.25) is 0 Å². The molecule has 1 aromatic carbocycles. The van der Waals surface area contributed by atoms with Crippen LogP contribution in [0.5, 0.6) is 0 Å². The number of hydrogen-bond acceptors (Lipinski definition) is 4. The number of ether oxygens (including phenoxy) is 1. The second-order valence-corrected chi connectivity index (χ2v) is 7.02. The summed E-state index contributed by atoms with van der Waals surface area (Å²) in [7, 11) is 0. The maximum Gasteiger partial charge on any atom is 0.250 e. The topological polar surface area (TPSA) is 62.1 Å². The monoisotopic (exact) mass is 332 g/mol. The predicted octanol–water partition coefficient (Wildman–Crippen LogP) is 4.23. The molecule has 0 bridgehead atoms. The fraction of sp³-hybridized carbons (Fsp3) is 0.556. The molecule has 0 aromatic heterocycles. The Morgan fingerprint density at radius 2 is 2.13 bits per heavy atom. The number of thioether (sulfide) groups is 1. The molecule has 5 heteroatoms. The van der Waals surface area contributed by atoms with E-state index in [0.29, 0.717) is 5.75 Å². The summed E-state index contributed by atoms with van der Waals surface area (Å²) in [6.45, 7) is 2.00. The normalized spacial score (nSPS) is 16.5. The third kappa shape index (κ3) is 6.25. The largest absolute Gasteiger partial charge is 0.368 e. The zero-order valence-corrected chi connectivity index (χ0v) is 14.4. The first-order valence-electron chi connectivity index (χ1n) is 8.22. The molecule has 23 heavy (non-hydrogen) atoms. The highest BCUT2D eigenvalue weighted by Gasteiger charge is 2.16. The molecule has 1 amide bonds. The van der Waals surface area contributed by atoms with Crippen molar-refractivity contribution in [1.82, 2.24) is 0 Å². The van der Waals surface area contributed by atoms with E-state index in [4.69, 9.17) is 10.00 Å². The summed E-state index contributed by atoms with van der Waals surface area (Å²) in [5.74, 6) is 0.581. The summed E-state index contributed by atoms with van der Waals surface area (Å²) in [6.07, 6.45) is 6.02. The average molecular weight is 332 g/mol. The van der Waals surface area contributed by atoms with Crippen LogP contribution >= 0.6 is 11.8 Å². The lowest BCUT2D eigenvalue weighted by Gasteiger charge is -2.21. The van der Waals surface area contributed by atoms with Gasteiger partial charge in [-0.15, -0.1) is 11.8 Å². The van der Waals surface area contributed by atoms with Crippen LogP contribution in [0.3, 0.4) is 0 Å². The van der Waals surface area contributed by atoms with Crippen LogP contribution in [-0.2, 0) is 9.53 Å². The Kier molecular flexibility index (Phi) is 7.44. The highest BCUT2D eigenvalue weighted by molar-refractivity contribution is 7.99. The molecule has 1 aromatic rings. The van der Waals surface area contributed by atoms with Gasteiger partial charge in [-0.05, 0) is 31.9 Å². The maximum absolute atomic E-state index is 12.1. The van der Waals surface area contributed by atoms with Gasteiger partial charge in [0.05, 0.1) is 23.8 Å². The van der Waals surface area contributed by atoms with E-state index in [2.05, 4.69) is 11.4 Å². The minimum Gasteiger partial charge on any atom is -0.368 e. The Morgan fingerprint density at radius 1 is 1.39 bits per heavy atom. The molecular weight excluding hydrogens is 308 g/mol. The lowest BCUT2D eigenvalue weighted by molar-refractivity contribution is -0.123. The van der Waals surface area contributed by atoms with Gasteiger partial charge in [0.1, 0.15) is 6.61 Å². The van der Waals surface area contributed by atoms with Crippen molar-refractivity contribution in [2.45, 2.75) is 50.0 Å². The molecule has 0 unspecified atom stereocenters. The molecule has 1 saturated carbocycles. The number of rotatable bonds is 7. The Bertz CT molecular complexity index is 550. The zero-order valence-electron chi connectivity index (χ0n) is 13.6. The number of carbonyl (C=O) groups is 1. The van der Waals surface area contributed by atoms with E-state index < -0.39 is 0 Å². The van der Waals surface area contributed by atoms with Gasteiger partial charge in [-0.2, -0.15) is 5.26 Å². The Labute approximate surface area is 142 Å². The lowest BCUT2D eigenvalue weighted by Crippen LogP contribution is -2.24. The highest BCUT2D eigenvalue weighted by Crippen LogP contribution is 2.28. The molecule has 0 heterocycles. The summed E-state index contributed by atoms with van der Waals surface area (Å²) in [5.41, 5.74) is 0.792. The summed E-state index contributed by atoms with van der Waals surface area (Å²) in [6, 6.07) is 9.91. The fourth-order valence-electron chi connectivity index (χ4n) is 2.56. The third-order valence-corrected chi connectivity index (χ3v) is 5.21. The van der Waals surface area contributed by atoms with E-state index in [1.54, 1.807) is 11.8 Å². The van der Waals surface area contributed by atoms with Gasteiger partial charge in [0, 0.05) is 10.6 Å². The second kappa shape index (κ2) is 9.59. The number of benzene rings is 1. The quantitative estimate of drug-likeness (QED) is 0.759. The van der Waals surface area contributed by atoms with Crippen molar-refractivity contribution in [1.29, 1.82) is 5.26 Å². The summed E-state index contributed by atoms with van der Waals surface area (Å²) >= 11 is 1.59. The van der Waals surface area contributed by atoms with Crippen molar-refractivity contribution in [2.24, 2.45) is 5.92 Å². The SMILES string of the molecule is C[C@H](C#N)CSc1ccccc1NC(=O)COC1CCCCC1. The molecule has 1 aliphatic carbocycles. The number of amides is 1. The van der Waals surface area contributed by atoms with Gasteiger partial charge >= 0.3 is 0 Å². The highest BCUT2D eigenvalue weighted by atomic mass is 32.2. The van der Waals surface area contributed by atoms with Gasteiger partial charge < -0.3 is 10.1 Å². The minimum absolute atomic E-state index is 0.0154. The molecule has 2 rings (SSSR count). The van der Waals surface area contributed by atoms with E-state index in [1.165, 1.54) is 19.3 Å². The molecule has 0 saturated heterocycles. The van der Waals surface area contributed by atoms with Crippen molar-refractivity contribution in [3.05, 3.63) is 24.3 Å². The van der Waals surface area contributed by atoms with Crippen LogP contribution in [0.25, 0.3) is 0 Å². The summed E-state index contributed by atoms with van der Waals surface area (Å²) < 4.78 is 5.71. The average Bonchev–Trinajstić information content (AvgIpc) is 2.60. The molecule has 0 radical (unpaired) electrons. The molecule has 1 fully saturated rings. The van der Waals surface area contributed by atoms with E-state index in [1.807, 2.05) is 31.2 Å². The summed E-state index contributed by atoms with van der Waals surface area (Å²) in [5, 5.41) is 11.8. The third-order valence-electron chi connectivity index (χ3n) is 3.87.